The molecule has 0 bridgehead atoms. The van der Waals surface area contributed by atoms with Gasteiger partial charge in [0.05, 0.1) is 20.0 Å². The number of nitro groups is 1. The van der Waals surface area contributed by atoms with Crippen molar-refractivity contribution >= 4 is 37.3 Å². The minimum atomic E-state index is -3.88. The second-order valence-electron chi connectivity index (χ2n) is 5.07. The Labute approximate surface area is 147 Å². The zero-order chi connectivity index (χ0) is 18.0. The van der Waals surface area contributed by atoms with Crippen LogP contribution in [-0.2, 0) is 16.6 Å². The molecule has 0 saturated carbocycles. The van der Waals surface area contributed by atoms with Crippen LogP contribution in [0.25, 0.3) is 10.2 Å². The SMILES string of the molecule is C=CCn1/c(=N/S(=O)(=O)c2ccccc2)sc2cc([N+](=O)[O-])ccc21. The van der Waals surface area contributed by atoms with Crippen molar-refractivity contribution in [3.05, 3.63) is 76.1 Å². The highest BCUT2D eigenvalue weighted by Gasteiger charge is 2.15. The predicted molar refractivity (Wildman–Crippen MR) is 95.9 cm³/mol. The molecule has 128 valence electrons. The average Bonchev–Trinajstić information content (AvgIpc) is 2.92. The van der Waals surface area contributed by atoms with Crippen molar-refractivity contribution in [2.75, 3.05) is 0 Å². The first-order chi connectivity index (χ1) is 11.9. The van der Waals surface area contributed by atoms with Crippen LogP contribution in [0, 0.1) is 10.1 Å². The van der Waals surface area contributed by atoms with Crippen LogP contribution in [-0.4, -0.2) is 17.9 Å². The van der Waals surface area contributed by atoms with Gasteiger partial charge in [-0.1, -0.05) is 35.6 Å². The topological polar surface area (TPSA) is 94.6 Å². The summed E-state index contributed by atoms with van der Waals surface area (Å²) in [5.41, 5.74) is 0.606. The molecule has 0 saturated heterocycles. The van der Waals surface area contributed by atoms with E-state index < -0.39 is 14.9 Å². The average molecular weight is 375 g/mol. The number of hydrogen-bond acceptors (Lipinski definition) is 5. The molecule has 0 aliphatic carbocycles. The molecule has 7 nitrogen and oxygen atoms in total. The number of hydrogen-bond donors (Lipinski definition) is 0. The van der Waals surface area contributed by atoms with Crippen molar-refractivity contribution in [3.63, 3.8) is 0 Å². The highest BCUT2D eigenvalue weighted by atomic mass is 32.2. The molecule has 0 atom stereocenters. The van der Waals surface area contributed by atoms with Crippen molar-refractivity contribution in [1.29, 1.82) is 0 Å². The molecule has 1 heterocycles. The molecule has 0 aliphatic rings. The van der Waals surface area contributed by atoms with Gasteiger partial charge in [0.15, 0.2) is 0 Å². The third-order valence-electron chi connectivity index (χ3n) is 3.43. The summed E-state index contributed by atoms with van der Waals surface area (Å²) in [7, 11) is -3.88. The van der Waals surface area contributed by atoms with E-state index in [-0.39, 0.29) is 15.4 Å². The van der Waals surface area contributed by atoms with E-state index in [1.54, 1.807) is 34.9 Å². The summed E-state index contributed by atoms with van der Waals surface area (Å²) in [6.45, 7) is 4.00. The minimum Gasteiger partial charge on any atom is -0.312 e. The molecule has 25 heavy (non-hydrogen) atoms. The van der Waals surface area contributed by atoms with E-state index >= 15 is 0 Å². The Hall–Kier alpha value is -2.78. The first kappa shape index (κ1) is 17.1. The van der Waals surface area contributed by atoms with Gasteiger partial charge in [-0.15, -0.1) is 11.0 Å². The zero-order valence-electron chi connectivity index (χ0n) is 12.9. The molecule has 0 N–H and O–H groups in total. The van der Waals surface area contributed by atoms with Crippen LogP contribution in [0.1, 0.15) is 0 Å². The zero-order valence-corrected chi connectivity index (χ0v) is 14.5. The van der Waals surface area contributed by atoms with E-state index in [9.17, 15) is 18.5 Å². The van der Waals surface area contributed by atoms with Crippen molar-refractivity contribution in [3.8, 4) is 0 Å². The van der Waals surface area contributed by atoms with Crippen molar-refractivity contribution in [2.45, 2.75) is 11.4 Å². The van der Waals surface area contributed by atoms with Gasteiger partial charge in [-0.2, -0.15) is 8.42 Å². The van der Waals surface area contributed by atoms with E-state index in [0.717, 1.165) is 11.3 Å². The lowest BCUT2D eigenvalue weighted by Crippen LogP contribution is -2.16. The number of nitro benzene ring substituents is 1. The summed E-state index contributed by atoms with van der Waals surface area (Å²) in [6.07, 6.45) is 1.61. The molecule has 0 aliphatic heterocycles. The van der Waals surface area contributed by atoms with Crippen LogP contribution in [0.2, 0.25) is 0 Å². The van der Waals surface area contributed by atoms with Crippen LogP contribution in [0.15, 0.2) is 70.5 Å². The summed E-state index contributed by atoms with van der Waals surface area (Å²) in [5, 5.41) is 10.9. The molecular weight excluding hydrogens is 362 g/mol. The first-order valence-electron chi connectivity index (χ1n) is 7.17. The smallest absolute Gasteiger partial charge is 0.285 e. The summed E-state index contributed by atoms with van der Waals surface area (Å²) in [5.74, 6) is 0. The number of non-ortho nitro benzene ring substituents is 1. The van der Waals surface area contributed by atoms with Crippen LogP contribution >= 0.6 is 11.3 Å². The maximum absolute atomic E-state index is 12.5. The minimum absolute atomic E-state index is 0.0584. The molecule has 3 rings (SSSR count). The quantitative estimate of drug-likeness (QED) is 0.389. The van der Waals surface area contributed by atoms with E-state index in [2.05, 4.69) is 11.0 Å². The Kier molecular flexibility index (Phi) is 4.51. The normalized spacial score (nSPS) is 12.4. The van der Waals surface area contributed by atoms with Gasteiger partial charge < -0.3 is 4.57 Å². The van der Waals surface area contributed by atoms with Crippen LogP contribution in [0.3, 0.4) is 0 Å². The number of sulfonamides is 1. The maximum atomic E-state index is 12.5. The molecule has 9 heteroatoms. The van der Waals surface area contributed by atoms with Crippen molar-refractivity contribution < 1.29 is 13.3 Å². The van der Waals surface area contributed by atoms with Crippen molar-refractivity contribution in [1.82, 2.24) is 4.57 Å². The number of benzene rings is 2. The number of rotatable bonds is 5. The van der Waals surface area contributed by atoms with Gasteiger partial charge in [-0.25, -0.2) is 0 Å². The molecule has 0 fully saturated rings. The molecule has 0 unspecified atom stereocenters. The molecule has 0 amide bonds. The predicted octanol–water partition coefficient (Wildman–Crippen LogP) is 3.09. The van der Waals surface area contributed by atoms with Gasteiger partial charge in [0.2, 0.25) is 4.80 Å². The highest BCUT2D eigenvalue weighted by Crippen LogP contribution is 2.23. The molecule has 3 aromatic rings. The second kappa shape index (κ2) is 6.61. The monoisotopic (exact) mass is 375 g/mol. The lowest BCUT2D eigenvalue weighted by molar-refractivity contribution is -0.384. The van der Waals surface area contributed by atoms with E-state index in [0.29, 0.717) is 16.8 Å². The Morgan fingerprint density at radius 2 is 1.96 bits per heavy atom. The first-order valence-corrected chi connectivity index (χ1v) is 9.43. The van der Waals surface area contributed by atoms with Gasteiger partial charge in [0.25, 0.3) is 15.7 Å². The summed E-state index contributed by atoms with van der Waals surface area (Å²) in [6, 6.07) is 12.3. The Balaban J connectivity index is 2.26. The Bertz CT molecular complexity index is 1130. The second-order valence-corrected chi connectivity index (χ2v) is 7.69. The molecule has 1 aromatic heterocycles. The van der Waals surface area contributed by atoms with E-state index in [1.807, 2.05) is 0 Å². The fourth-order valence-electron chi connectivity index (χ4n) is 2.30. The molecular formula is C16H13N3O4S2. The van der Waals surface area contributed by atoms with E-state index in [4.69, 9.17) is 0 Å². The fraction of sp³-hybridized carbons (Fsp3) is 0.0625. The van der Waals surface area contributed by atoms with Crippen molar-refractivity contribution in [2.24, 2.45) is 4.40 Å². The Morgan fingerprint density at radius 1 is 1.24 bits per heavy atom. The Morgan fingerprint density at radius 3 is 2.60 bits per heavy atom. The van der Waals surface area contributed by atoms with E-state index in [1.165, 1.54) is 24.3 Å². The van der Waals surface area contributed by atoms with Gasteiger partial charge in [0, 0.05) is 18.7 Å². The number of aromatic nitrogens is 1. The fourth-order valence-corrected chi connectivity index (χ4v) is 4.60. The molecule has 0 spiro atoms. The van der Waals surface area contributed by atoms with Crippen LogP contribution < -0.4 is 4.80 Å². The molecule has 0 radical (unpaired) electrons. The highest BCUT2D eigenvalue weighted by molar-refractivity contribution is 7.90. The summed E-state index contributed by atoms with van der Waals surface area (Å²) in [4.78, 5) is 10.8. The van der Waals surface area contributed by atoms with Crippen LogP contribution in [0.4, 0.5) is 5.69 Å². The third kappa shape index (κ3) is 3.37. The standard InChI is InChI=1S/C16H13N3O4S2/c1-2-10-18-14-9-8-12(19(20)21)11-15(14)24-16(18)17-25(22,23)13-6-4-3-5-7-13/h2-9,11H,1,10H2/b17-16-. The number of thiazole rings is 1. The largest absolute Gasteiger partial charge is 0.312 e. The van der Waals surface area contributed by atoms with Gasteiger partial charge in [-0.3, -0.25) is 10.1 Å². The van der Waals surface area contributed by atoms with Gasteiger partial charge >= 0.3 is 0 Å². The summed E-state index contributed by atoms with van der Waals surface area (Å²) < 4.78 is 31.2. The number of nitrogens with zero attached hydrogens (tertiary/aromatic N) is 3. The lowest BCUT2D eigenvalue weighted by atomic mass is 10.3. The van der Waals surface area contributed by atoms with Gasteiger partial charge in [-0.05, 0) is 18.2 Å². The summed E-state index contributed by atoms with van der Waals surface area (Å²) >= 11 is 1.08. The third-order valence-corrected chi connectivity index (χ3v) is 5.87. The maximum Gasteiger partial charge on any atom is 0.285 e. The number of fused-ring (bicyclic) bond motifs is 1. The van der Waals surface area contributed by atoms with Crippen LogP contribution in [0.5, 0.6) is 0 Å². The lowest BCUT2D eigenvalue weighted by Gasteiger charge is -2.01. The molecule has 2 aromatic carbocycles. The number of allylic oxidation sites excluding steroid dienone is 1. The van der Waals surface area contributed by atoms with Gasteiger partial charge in [0.1, 0.15) is 0 Å².